The lowest BCUT2D eigenvalue weighted by Crippen LogP contribution is -2.43. The van der Waals surface area contributed by atoms with Crippen molar-refractivity contribution in [2.75, 3.05) is 20.1 Å². The molecule has 26 heavy (non-hydrogen) atoms. The first-order valence-electron chi connectivity index (χ1n) is 9.19. The van der Waals surface area contributed by atoms with Crippen LogP contribution in [0.2, 0.25) is 0 Å². The molecule has 1 fully saturated rings. The molecule has 4 nitrogen and oxygen atoms in total. The van der Waals surface area contributed by atoms with E-state index in [2.05, 4.69) is 10.3 Å². The second-order valence-electron chi connectivity index (χ2n) is 7.24. The highest BCUT2D eigenvalue weighted by atomic mass is 19.1. The second kappa shape index (κ2) is 8.41. The van der Waals surface area contributed by atoms with Gasteiger partial charge in [0.1, 0.15) is 5.82 Å². The van der Waals surface area contributed by atoms with E-state index >= 15 is 0 Å². The van der Waals surface area contributed by atoms with Crippen molar-refractivity contribution in [3.63, 3.8) is 0 Å². The van der Waals surface area contributed by atoms with E-state index in [1.165, 1.54) is 6.07 Å². The van der Waals surface area contributed by atoms with Gasteiger partial charge in [-0.25, -0.2) is 4.39 Å². The monoisotopic (exact) mass is 355 g/mol. The molecule has 0 spiro atoms. The van der Waals surface area contributed by atoms with Crippen LogP contribution in [0.5, 0.6) is 0 Å². The minimum absolute atomic E-state index is 0.0361. The molecule has 138 valence electrons. The number of hydrogen-bond acceptors (Lipinski definition) is 3. The molecule has 0 unspecified atom stereocenters. The maximum absolute atomic E-state index is 14.3. The molecular formula is C21H26FN3O. The van der Waals surface area contributed by atoms with Crippen molar-refractivity contribution in [1.29, 1.82) is 0 Å². The van der Waals surface area contributed by atoms with Crippen molar-refractivity contribution in [3.8, 4) is 0 Å². The van der Waals surface area contributed by atoms with Crippen molar-refractivity contribution in [3.05, 3.63) is 65.7 Å². The third kappa shape index (κ3) is 4.47. The molecule has 2 aromatic rings. The number of halogens is 1. The number of likely N-dealkylation sites (N-methyl/N-ethyl adjacent to an activating group) is 1. The van der Waals surface area contributed by atoms with Crippen LogP contribution in [0.4, 0.5) is 4.39 Å². The summed E-state index contributed by atoms with van der Waals surface area (Å²) in [5, 5.41) is 3.04. The van der Waals surface area contributed by atoms with E-state index in [0.717, 1.165) is 36.9 Å². The Bertz CT molecular complexity index is 729. The van der Waals surface area contributed by atoms with E-state index in [1.807, 2.05) is 42.3 Å². The van der Waals surface area contributed by atoms with Crippen LogP contribution in [0.1, 0.15) is 36.9 Å². The largest absolute Gasteiger partial charge is 0.354 e. The predicted octanol–water partition coefficient (Wildman–Crippen LogP) is 3.28. The fourth-order valence-electron chi connectivity index (χ4n) is 3.88. The minimum atomic E-state index is -0.277. The molecule has 1 amide bonds. The quantitative estimate of drug-likeness (QED) is 0.829. The summed E-state index contributed by atoms with van der Waals surface area (Å²) in [5.74, 6) is -0.207. The van der Waals surface area contributed by atoms with E-state index in [-0.39, 0.29) is 17.1 Å². The summed E-state index contributed by atoms with van der Waals surface area (Å²) >= 11 is 0. The van der Waals surface area contributed by atoms with E-state index in [0.29, 0.717) is 19.6 Å². The van der Waals surface area contributed by atoms with Crippen molar-refractivity contribution in [1.82, 2.24) is 15.2 Å². The van der Waals surface area contributed by atoms with E-state index in [1.54, 1.807) is 12.3 Å². The van der Waals surface area contributed by atoms with Crippen LogP contribution in [0, 0.1) is 5.82 Å². The Labute approximate surface area is 154 Å². The van der Waals surface area contributed by atoms with Crippen LogP contribution in [0.3, 0.4) is 0 Å². The molecule has 1 saturated carbocycles. The lowest BCUT2D eigenvalue weighted by atomic mass is 9.78. The number of carbonyl (C=O) groups excluding carboxylic acids is 1. The Hall–Kier alpha value is -2.27. The zero-order valence-corrected chi connectivity index (χ0v) is 15.2. The molecule has 1 aliphatic carbocycles. The van der Waals surface area contributed by atoms with Gasteiger partial charge in [0.25, 0.3) is 0 Å². The maximum atomic E-state index is 14.3. The van der Waals surface area contributed by atoms with E-state index < -0.39 is 0 Å². The topological polar surface area (TPSA) is 45.2 Å². The number of hydrogen-bond donors (Lipinski definition) is 1. The SMILES string of the molecule is CN(CC(=O)NCC1(c2ccccc2F)CCCC1)Cc1ccccn1. The molecule has 0 aliphatic heterocycles. The Morgan fingerprint density at radius 1 is 1.19 bits per heavy atom. The van der Waals surface area contributed by atoms with Crippen molar-refractivity contribution in [2.45, 2.75) is 37.6 Å². The normalized spacial score (nSPS) is 16.0. The van der Waals surface area contributed by atoms with Gasteiger partial charge in [0.15, 0.2) is 0 Å². The van der Waals surface area contributed by atoms with Crippen molar-refractivity contribution < 1.29 is 9.18 Å². The summed E-state index contributed by atoms with van der Waals surface area (Å²) in [6, 6.07) is 12.7. The van der Waals surface area contributed by atoms with Gasteiger partial charge in [0.2, 0.25) is 5.91 Å². The van der Waals surface area contributed by atoms with Gasteiger partial charge in [-0.05, 0) is 43.7 Å². The lowest BCUT2D eigenvalue weighted by Gasteiger charge is -2.30. The van der Waals surface area contributed by atoms with Crippen LogP contribution in [-0.4, -0.2) is 35.9 Å². The van der Waals surface area contributed by atoms with Gasteiger partial charge in [-0.15, -0.1) is 0 Å². The average Bonchev–Trinajstić information content (AvgIpc) is 3.11. The van der Waals surface area contributed by atoms with Crippen molar-refractivity contribution in [2.24, 2.45) is 0 Å². The first kappa shape index (κ1) is 18.5. The standard InChI is InChI=1S/C21H26FN3O/c1-25(14-17-8-4-7-13-23-17)15-20(26)24-16-21(11-5-6-12-21)18-9-2-3-10-19(18)22/h2-4,7-10,13H,5-6,11-12,14-16H2,1H3,(H,24,26). The van der Waals surface area contributed by atoms with Crippen LogP contribution >= 0.6 is 0 Å². The minimum Gasteiger partial charge on any atom is -0.354 e. The smallest absolute Gasteiger partial charge is 0.234 e. The average molecular weight is 355 g/mol. The first-order valence-corrected chi connectivity index (χ1v) is 9.19. The molecule has 1 aromatic heterocycles. The molecule has 1 aliphatic rings. The number of benzene rings is 1. The zero-order chi connectivity index (χ0) is 18.4. The van der Waals surface area contributed by atoms with Gasteiger partial charge >= 0.3 is 0 Å². The second-order valence-corrected chi connectivity index (χ2v) is 7.24. The summed E-state index contributed by atoms with van der Waals surface area (Å²) in [4.78, 5) is 18.6. The first-order chi connectivity index (χ1) is 12.6. The number of nitrogens with zero attached hydrogens (tertiary/aromatic N) is 2. The summed E-state index contributed by atoms with van der Waals surface area (Å²) in [6.45, 7) is 1.40. The molecule has 0 atom stereocenters. The number of nitrogens with one attached hydrogen (secondary N) is 1. The Balaban J connectivity index is 1.58. The number of amides is 1. The zero-order valence-electron chi connectivity index (χ0n) is 15.2. The third-order valence-electron chi connectivity index (χ3n) is 5.20. The summed E-state index contributed by atoms with van der Waals surface area (Å²) in [5.41, 5.74) is 1.39. The highest BCUT2D eigenvalue weighted by Crippen LogP contribution is 2.41. The molecule has 1 heterocycles. The molecule has 0 radical (unpaired) electrons. The number of carbonyl (C=O) groups is 1. The van der Waals surface area contributed by atoms with Crippen LogP contribution in [0.25, 0.3) is 0 Å². The van der Waals surface area contributed by atoms with Crippen molar-refractivity contribution >= 4 is 5.91 Å². The Morgan fingerprint density at radius 3 is 2.62 bits per heavy atom. The highest BCUT2D eigenvalue weighted by Gasteiger charge is 2.37. The third-order valence-corrected chi connectivity index (χ3v) is 5.20. The van der Waals surface area contributed by atoms with Gasteiger partial charge in [0, 0.05) is 24.7 Å². The van der Waals surface area contributed by atoms with Crippen LogP contribution in [0.15, 0.2) is 48.7 Å². The Morgan fingerprint density at radius 2 is 1.92 bits per heavy atom. The molecular weight excluding hydrogens is 329 g/mol. The van der Waals surface area contributed by atoms with Gasteiger partial charge in [-0.1, -0.05) is 37.1 Å². The van der Waals surface area contributed by atoms with E-state index in [9.17, 15) is 9.18 Å². The Kier molecular flexibility index (Phi) is 5.99. The molecule has 3 rings (SSSR count). The number of rotatable bonds is 7. The predicted molar refractivity (Wildman–Crippen MR) is 100 cm³/mol. The number of pyridine rings is 1. The summed E-state index contributed by atoms with van der Waals surface area (Å²) < 4.78 is 14.3. The molecule has 0 bridgehead atoms. The fraction of sp³-hybridized carbons (Fsp3) is 0.429. The summed E-state index contributed by atoms with van der Waals surface area (Å²) in [6.07, 6.45) is 5.73. The van der Waals surface area contributed by atoms with Gasteiger partial charge in [-0.2, -0.15) is 0 Å². The highest BCUT2D eigenvalue weighted by molar-refractivity contribution is 5.78. The van der Waals surface area contributed by atoms with Gasteiger partial charge in [-0.3, -0.25) is 14.7 Å². The molecule has 1 N–H and O–H groups in total. The summed E-state index contributed by atoms with van der Waals surface area (Å²) in [7, 11) is 1.90. The molecule has 0 saturated heterocycles. The maximum Gasteiger partial charge on any atom is 0.234 e. The number of aromatic nitrogens is 1. The molecule has 5 heteroatoms. The van der Waals surface area contributed by atoms with Crippen LogP contribution < -0.4 is 5.32 Å². The molecule has 1 aromatic carbocycles. The van der Waals surface area contributed by atoms with Crippen LogP contribution in [-0.2, 0) is 16.8 Å². The van der Waals surface area contributed by atoms with Gasteiger partial charge in [0.05, 0.1) is 12.2 Å². The lowest BCUT2D eigenvalue weighted by molar-refractivity contribution is -0.122. The van der Waals surface area contributed by atoms with Gasteiger partial charge < -0.3 is 5.32 Å². The fourth-order valence-corrected chi connectivity index (χ4v) is 3.88. The van der Waals surface area contributed by atoms with E-state index in [4.69, 9.17) is 0 Å².